The van der Waals surface area contributed by atoms with Crippen molar-refractivity contribution in [3.05, 3.63) is 88.4 Å². The predicted molar refractivity (Wildman–Crippen MR) is 139 cm³/mol. The van der Waals surface area contributed by atoms with E-state index in [-0.39, 0.29) is 18.5 Å². The van der Waals surface area contributed by atoms with Crippen molar-refractivity contribution in [3.8, 4) is 11.1 Å². The fourth-order valence-corrected chi connectivity index (χ4v) is 4.62. The van der Waals surface area contributed by atoms with Crippen molar-refractivity contribution in [3.63, 3.8) is 0 Å². The molecular weight excluding hydrogens is 462 g/mol. The van der Waals surface area contributed by atoms with Crippen molar-refractivity contribution in [2.45, 2.75) is 51.6 Å². The Kier molecular flexibility index (Phi) is 7.46. The molecule has 0 unspecified atom stereocenters. The average Bonchev–Trinajstić information content (AvgIpc) is 3.12. The standard InChI is InChI=1S/C29H30ClNO4/c1-29(2,3)35-27(32)14-8-9-19-15-16-20(30)17-26(19)31-28(33)34-18-25-23-12-6-4-10-21(23)22-11-5-7-13-24(22)25/h4-7,10-13,15-17,25H,8-9,14,18H2,1-3H3,(H,31,33). The summed E-state index contributed by atoms with van der Waals surface area (Å²) in [5.41, 5.74) is 5.64. The third kappa shape index (κ3) is 6.23. The van der Waals surface area contributed by atoms with Crippen LogP contribution in [0.5, 0.6) is 0 Å². The summed E-state index contributed by atoms with van der Waals surface area (Å²) in [7, 11) is 0. The second-order valence-electron chi connectivity index (χ2n) is 9.69. The van der Waals surface area contributed by atoms with E-state index in [1.165, 1.54) is 11.1 Å². The zero-order chi connectivity index (χ0) is 25.0. The van der Waals surface area contributed by atoms with Crippen LogP contribution in [0.2, 0.25) is 5.02 Å². The van der Waals surface area contributed by atoms with E-state index < -0.39 is 11.7 Å². The van der Waals surface area contributed by atoms with Crippen LogP contribution in [0.1, 0.15) is 56.2 Å². The maximum absolute atomic E-state index is 12.7. The first-order chi connectivity index (χ1) is 16.7. The summed E-state index contributed by atoms with van der Waals surface area (Å²) in [4.78, 5) is 24.8. The Morgan fingerprint density at radius 2 is 1.57 bits per heavy atom. The van der Waals surface area contributed by atoms with E-state index in [2.05, 4.69) is 29.6 Å². The molecule has 1 aliphatic rings. The summed E-state index contributed by atoms with van der Waals surface area (Å²) < 4.78 is 11.0. The molecule has 0 saturated heterocycles. The Labute approximate surface area is 211 Å². The molecule has 4 rings (SSSR count). The number of hydrogen-bond donors (Lipinski definition) is 1. The van der Waals surface area contributed by atoms with Gasteiger partial charge in [0.1, 0.15) is 12.2 Å². The normalized spacial score (nSPS) is 12.6. The number of rotatable bonds is 7. The van der Waals surface area contributed by atoms with E-state index >= 15 is 0 Å². The molecule has 1 amide bonds. The van der Waals surface area contributed by atoms with Gasteiger partial charge in [-0.25, -0.2) is 4.79 Å². The van der Waals surface area contributed by atoms with Crippen molar-refractivity contribution in [2.24, 2.45) is 0 Å². The van der Waals surface area contributed by atoms with Crippen LogP contribution < -0.4 is 5.32 Å². The first-order valence-electron chi connectivity index (χ1n) is 11.8. The van der Waals surface area contributed by atoms with E-state index in [9.17, 15) is 9.59 Å². The van der Waals surface area contributed by atoms with Crippen LogP contribution in [0.4, 0.5) is 10.5 Å². The molecule has 0 heterocycles. The van der Waals surface area contributed by atoms with Gasteiger partial charge in [0, 0.05) is 23.0 Å². The number of benzene rings is 3. The third-order valence-electron chi connectivity index (χ3n) is 5.90. The third-order valence-corrected chi connectivity index (χ3v) is 6.13. The molecule has 0 radical (unpaired) electrons. The van der Waals surface area contributed by atoms with Crippen LogP contribution in [-0.4, -0.2) is 24.3 Å². The van der Waals surface area contributed by atoms with E-state index in [0.717, 1.165) is 16.7 Å². The summed E-state index contributed by atoms with van der Waals surface area (Å²) >= 11 is 6.18. The minimum Gasteiger partial charge on any atom is -0.460 e. The lowest BCUT2D eigenvalue weighted by atomic mass is 9.98. The summed E-state index contributed by atoms with van der Waals surface area (Å²) in [6.07, 6.45) is 0.942. The highest BCUT2D eigenvalue weighted by atomic mass is 35.5. The van der Waals surface area contributed by atoms with Crippen molar-refractivity contribution < 1.29 is 19.1 Å². The number of halogens is 1. The van der Waals surface area contributed by atoms with Gasteiger partial charge in [0.2, 0.25) is 0 Å². The highest BCUT2D eigenvalue weighted by Crippen LogP contribution is 2.44. The second kappa shape index (κ2) is 10.5. The fraction of sp³-hybridized carbons (Fsp3) is 0.310. The van der Waals surface area contributed by atoms with Gasteiger partial charge in [-0.1, -0.05) is 66.2 Å². The Morgan fingerprint density at radius 1 is 0.943 bits per heavy atom. The largest absolute Gasteiger partial charge is 0.460 e. The summed E-state index contributed by atoms with van der Waals surface area (Å²) in [6, 6.07) is 21.8. The number of carbonyl (C=O) groups is 2. The molecule has 0 fully saturated rings. The maximum atomic E-state index is 12.7. The van der Waals surface area contributed by atoms with Gasteiger partial charge < -0.3 is 9.47 Å². The topological polar surface area (TPSA) is 64.6 Å². The fourth-order valence-electron chi connectivity index (χ4n) is 4.44. The zero-order valence-corrected chi connectivity index (χ0v) is 21.0. The molecular formula is C29H30ClNO4. The number of fused-ring (bicyclic) bond motifs is 3. The monoisotopic (exact) mass is 491 g/mol. The molecule has 3 aromatic rings. The lowest BCUT2D eigenvalue weighted by Crippen LogP contribution is -2.23. The molecule has 0 aromatic heterocycles. The van der Waals surface area contributed by atoms with E-state index in [4.69, 9.17) is 21.1 Å². The van der Waals surface area contributed by atoms with Crippen LogP contribution in [0.15, 0.2) is 66.7 Å². The molecule has 182 valence electrons. The number of esters is 1. The summed E-state index contributed by atoms with van der Waals surface area (Å²) in [6.45, 7) is 5.77. The van der Waals surface area contributed by atoms with Crippen molar-refractivity contribution in [1.82, 2.24) is 0 Å². The average molecular weight is 492 g/mol. The van der Waals surface area contributed by atoms with Gasteiger partial charge >= 0.3 is 12.1 Å². The molecule has 0 aliphatic heterocycles. The van der Waals surface area contributed by atoms with Gasteiger partial charge in [0.15, 0.2) is 0 Å². The number of hydrogen-bond acceptors (Lipinski definition) is 4. The van der Waals surface area contributed by atoms with E-state index in [0.29, 0.717) is 30.0 Å². The zero-order valence-electron chi connectivity index (χ0n) is 20.3. The Bertz CT molecular complexity index is 1190. The number of carbonyl (C=O) groups excluding carboxylic acids is 2. The highest BCUT2D eigenvalue weighted by molar-refractivity contribution is 6.31. The minimum absolute atomic E-state index is 0.0131. The number of ether oxygens (including phenoxy) is 2. The van der Waals surface area contributed by atoms with Crippen molar-refractivity contribution in [1.29, 1.82) is 0 Å². The van der Waals surface area contributed by atoms with Crippen LogP contribution in [0.3, 0.4) is 0 Å². The minimum atomic E-state index is -0.539. The molecule has 0 spiro atoms. The number of aryl methyl sites for hydroxylation is 1. The molecule has 0 atom stereocenters. The Hall–Kier alpha value is -3.31. The van der Waals surface area contributed by atoms with Crippen LogP contribution >= 0.6 is 11.6 Å². The van der Waals surface area contributed by atoms with Gasteiger partial charge in [0.05, 0.1) is 0 Å². The van der Waals surface area contributed by atoms with Crippen molar-refractivity contribution >= 4 is 29.4 Å². The van der Waals surface area contributed by atoms with Gasteiger partial charge in [-0.05, 0) is 73.6 Å². The van der Waals surface area contributed by atoms with Crippen LogP contribution in [0, 0.1) is 0 Å². The molecule has 35 heavy (non-hydrogen) atoms. The van der Waals surface area contributed by atoms with Gasteiger partial charge in [-0.2, -0.15) is 0 Å². The molecule has 3 aromatic carbocycles. The molecule has 0 saturated carbocycles. The van der Waals surface area contributed by atoms with Gasteiger partial charge in [-0.3, -0.25) is 10.1 Å². The SMILES string of the molecule is CC(C)(C)OC(=O)CCCc1ccc(Cl)cc1NC(=O)OCC1c2ccccc2-c2ccccc21. The second-order valence-corrected chi connectivity index (χ2v) is 10.1. The quantitative estimate of drug-likeness (QED) is 0.350. The summed E-state index contributed by atoms with van der Waals surface area (Å²) in [5.74, 6) is -0.252. The lowest BCUT2D eigenvalue weighted by Gasteiger charge is -2.19. The van der Waals surface area contributed by atoms with Crippen molar-refractivity contribution in [2.75, 3.05) is 11.9 Å². The lowest BCUT2D eigenvalue weighted by molar-refractivity contribution is -0.154. The first-order valence-corrected chi connectivity index (χ1v) is 12.2. The highest BCUT2D eigenvalue weighted by Gasteiger charge is 2.29. The predicted octanol–water partition coefficient (Wildman–Crippen LogP) is 7.37. The summed E-state index contributed by atoms with van der Waals surface area (Å²) in [5, 5.41) is 3.35. The Balaban J connectivity index is 1.38. The smallest absolute Gasteiger partial charge is 0.411 e. The van der Waals surface area contributed by atoms with Crippen LogP contribution in [-0.2, 0) is 20.7 Å². The van der Waals surface area contributed by atoms with Crippen LogP contribution in [0.25, 0.3) is 11.1 Å². The molecule has 1 aliphatic carbocycles. The number of amides is 1. The van der Waals surface area contributed by atoms with Gasteiger partial charge in [-0.15, -0.1) is 0 Å². The molecule has 6 heteroatoms. The number of nitrogens with one attached hydrogen (secondary N) is 1. The molecule has 1 N–H and O–H groups in total. The molecule has 0 bridgehead atoms. The molecule has 5 nitrogen and oxygen atoms in total. The van der Waals surface area contributed by atoms with E-state index in [1.807, 2.05) is 51.1 Å². The first kappa shape index (κ1) is 24.8. The maximum Gasteiger partial charge on any atom is 0.411 e. The van der Waals surface area contributed by atoms with E-state index in [1.54, 1.807) is 12.1 Å². The number of anilines is 1. The van der Waals surface area contributed by atoms with Gasteiger partial charge in [0.25, 0.3) is 0 Å². The Morgan fingerprint density at radius 3 is 2.20 bits per heavy atom.